The Bertz CT molecular complexity index is 571. The summed E-state index contributed by atoms with van der Waals surface area (Å²) >= 11 is 0. The van der Waals surface area contributed by atoms with Crippen LogP contribution in [0.2, 0.25) is 0 Å². The lowest BCUT2D eigenvalue weighted by Gasteiger charge is -2.13. The summed E-state index contributed by atoms with van der Waals surface area (Å²) in [4.78, 5) is 20.6. The number of nitrogens with zero attached hydrogens (tertiary/aromatic N) is 2. The highest BCUT2D eigenvalue weighted by Crippen LogP contribution is 2.15. The molecular weight excluding hydrogens is 223 g/mol. The van der Waals surface area contributed by atoms with Crippen LogP contribution in [0.5, 0.6) is 0 Å². The summed E-state index contributed by atoms with van der Waals surface area (Å²) in [6.45, 7) is 0. The number of fused-ring (bicyclic) bond motifs is 1. The van der Waals surface area contributed by atoms with Crippen LogP contribution in [0.3, 0.4) is 0 Å². The van der Waals surface area contributed by atoms with Gasteiger partial charge in [-0.25, -0.2) is 9.45 Å². The highest BCUT2D eigenvalue weighted by molar-refractivity contribution is 5.96. The van der Waals surface area contributed by atoms with Crippen molar-refractivity contribution in [3.8, 4) is 0 Å². The van der Waals surface area contributed by atoms with Gasteiger partial charge in [-0.15, -0.1) is 0 Å². The number of rotatable bonds is 2. The van der Waals surface area contributed by atoms with Crippen LogP contribution in [0.25, 0.3) is 10.9 Å². The quantitative estimate of drug-likeness (QED) is 0.746. The first kappa shape index (κ1) is 11.5. The number of carbonyl (C=O) groups excluding carboxylic acids is 1. The molecule has 0 bridgehead atoms. The van der Waals surface area contributed by atoms with Crippen molar-refractivity contribution in [3.05, 3.63) is 41.8 Å². The van der Waals surface area contributed by atoms with E-state index in [9.17, 15) is 9.18 Å². The van der Waals surface area contributed by atoms with E-state index in [-0.39, 0.29) is 11.7 Å². The third kappa shape index (κ3) is 2.24. The molecule has 1 heterocycles. The molecule has 0 fully saturated rings. The third-order valence-electron chi connectivity index (χ3n) is 2.45. The molecule has 0 aliphatic heterocycles. The maximum Gasteiger partial charge on any atom is 0.278 e. The van der Waals surface area contributed by atoms with Crippen LogP contribution < -0.4 is 0 Å². The molecule has 0 aliphatic rings. The SMILES string of the molecule is CON(C)C(=O)c1cnc2cc(F)ccc2c1. The minimum Gasteiger partial charge on any atom is -0.274 e. The second kappa shape index (κ2) is 4.47. The van der Waals surface area contributed by atoms with Crippen LogP contribution in [-0.4, -0.2) is 30.1 Å². The first-order chi connectivity index (χ1) is 8.11. The van der Waals surface area contributed by atoms with E-state index in [0.29, 0.717) is 16.5 Å². The van der Waals surface area contributed by atoms with Crippen LogP contribution in [0, 0.1) is 5.82 Å². The Morgan fingerprint density at radius 2 is 2.18 bits per heavy atom. The molecule has 0 radical (unpaired) electrons. The molecular formula is C12H11FN2O2. The number of aromatic nitrogens is 1. The lowest BCUT2D eigenvalue weighted by molar-refractivity contribution is -0.0757. The molecule has 1 amide bonds. The number of hydrogen-bond acceptors (Lipinski definition) is 3. The first-order valence-electron chi connectivity index (χ1n) is 4.99. The topological polar surface area (TPSA) is 42.4 Å². The minimum absolute atomic E-state index is 0.300. The second-order valence-corrected chi connectivity index (χ2v) is 3.55. The Labute approximate surface area is 97.6 Å². The number of hydroxylamine groups is 2. The predicted octanol–water partition coefficient (Wildman–Crippen LogP) is 2.01. The number of amides is 1. The molecule has 0 N–H and O–H groups in total. The maximum absolute atomic E-state index is 12.9. The average Bonchev–Trinajstić information content (AvgIpc) is 2.36. The summed E-state index contributed by atoms with van der Waals surface area (Å²) in [7, 11) is 2.92. The van der Waals surface area contributed by atoms with Crippen LogP contribution in [0.15, 0.2) is 30.5 Å². The molecule has 0 saturated heterocycles. The Morgan fingerprint density at radius 1 is 1.41 bits per heavy atom. The van der Waals surface area contributed by atoms with Gasteiger partial charge in [0.2, 0.25) is 0 Å². The van der Waals surface area contributed by atoms with Gasteiger partial charge in [0, 0.05) is 24.7 Å². The number of pyridine rings is 1. The lowest BCUT2D eigenvalue weighted by atomic mass is 10.1. The zero-order valence-corrected chi connectivity index (χ0v) is 9.48. The summed E-state index contributed by atoms with van der Waals surface area (Å²) in [5.74, 6) is -0.649. The fourth-order valence-corrected chi connectivity index (χ4v) is 1.48. The van der Waals surface area contributed by atoms with E-state index >= 15 is 0 Å². The Morgan fingerprint density at radius 3 is 2.88 bits per heavy atom. The van der Waals surface area contributed by atoms with Crippen molar-refractivity contribution in [2.45, 2.75) is 0 Å². The van der Waals surface area contributed by atoms with Crippen LogP contribution in [0.1, 0.15) is 10.4 Å². The van der Waals surface area contributed by atoms with Crippen molar-refractivity contribution in [3.63, 3.8) is 0 Å². The van der Waals surface area contributed by atoms with Gasteiger partial charge in [-0.2, -0.15) is 0 Å². The zero-order valence-electron chi connectivity index (χ0n) is 9.48. The van der Waals surface area contributed by atoms with E-state index in [2.05, 4.69) is 4.98 Å². The van der Waals surface area contributed by atoms with Gasteiger partial charge in [0.1, 0.15) is 5.82 Å². The number of carbonyl (C=O) groups is 1. The van der Waals surface area contributed by atoms with E-state index < -0.39 is 0 Å². The van der Waals surface area contributed by atoms with Crippen molar-refractivity contribution in [1.29, 1.82) is 0 Å². The van der Waals surface area contributed by atoms with Gasteiger partial charge in [-0.3, -0.25) is 14.6 Å². The summed E-state index contributed by atoms with van der Waals surface area (Å²) in [6.07, 6.45) is 1.40. The van der Waals surface area contributed by atoms with Gasteiger partial charge in [-0.05, 0) is 18.2 Å². The largest absolute Gasteiger partial charge is 0.278 e. The summed E-state index contributed by atoms with van der Waals surface area (Å²) in [5.41, 5.74) is 0.912. The molecule has 1 aromatic carbocycles. The molecule has 2 aromatic rings. The smallest absolute Gasteiger partial charge is 0.274 e. The maximum atomic E-state index is 12.9. The molecule has 0 atom stereocenters. The Balaban J connectivity index is 2.45. The average molecular weight is 234 g/mol. The number of benzene rings is 1. The molecule has 0 unspecified atom stereocenters. The van der Waals surface area contributed by atoms with Gasteiger partial charge >= 0.3 is 0 Å². The summed E-state index contributed by atoms with van der Waals surface area (Å²) in [5, 5.41) is 1.81. The Hall–Kier alpha value is -2.01. The number of halogens is 1. The van der Waals surface area contributed by atoms with Crippen LogP contribution in [-0.2, 0) is 4.84 Å². The van der Waals surface area contributed by atoms with Crippen molar-refractivity contribution in [2.75, 3.05) is 14.2 Å². The molecule has 5 heteroatoms. The first-order valence-corrected chi connectivity index (χ1v) is 4.99. The molecule has 0 aliphatic carbocycles. The fourth-order valence-electron chi connectivity index (χ4n) is 1.48. The van der Waals surface area contributed by atoms with Gasteiger partial charge in [0.15, 0.2) is 0 Å². The van der Waals surface area contributed by atoms with Gasteiger partial charge in [0.25, 0.3) is 5.91 Å². The molecule has 0 saturated carbocycles. The van der Waals surface area contributed by atoms with E-state index in [1.807, 2.05) is 0 Å². The molecule has 0 spiro atoms. The highest BCUT2D eigenvalue weighted by atomic mass is 19.1. The molecule has 1 aromatic heterocycles. The van der Waals surface area contributed by atoms with E-state index in [4.69, 9.17) is 4.84 Å². The summed E-state index contributed by atoms with van der Waals surface area (Å²) in [6, 6.07) is 5.89. The van der Waals surface area contributed by atoms with Crippen molar-refractivity contribution in [2.24, 2.45) is 0 Å². The second-order valence-electron chi connectivity index (χ2n) is 3.55. The Kier molecular flexibility index (Phi) is 3.01. The molecule has 88 valence electrons. The van der Waals surface area contributed by atoms with Crippen molar-refractivity contribution >= 4 is 16.8 Å². The van der Waals surface area contributed by atoms with Crippen molar-refractivity contribution < 1.29 is 14.0 Å². The summed E-state index contributed by atoms with van der Waals surface area (Å²) < 4.78 is 12.9. The monoisotopic (exact) mass is 234 g/mol. The standard InChI is InChI=1S/C12H11FN2O2/c1-15(17-2)12(16)9-5-8-3-4-10(13)6-11(8)14-7-9/h3-7H,1-2H3. The van der Waals surface area contributed by atoms with Crippen LogP contribution >= 0.6 is 0 Å². The predicted molar refractivity (Wildman–Crippen MR) is 60.8 cm³/mol. The fraction of sp³-hybridized carbons (Fsp3) is 0.167. The molecule has 2 rings (SSSR count). The van der Waals surface area contributed by atoms with E-state index in [1.165, 1.54) is 32.5 Å². The third-order valence-corrected chi connectivity index (χ3v) is 2.45. The minimum atomic E-state index is -0.349. The van der Waals surface area contributed by atoms with E-state index in [0.717, 1.165) is 5.06 Å². The van der Waals surface area contributed by atoms with Gasteiger partial charge in [0.05, 0.1) is 18.2 Å². The van der Waals surface area contributed by atoms with Crippen molar-refractivity contribution in [1.82, 2.24) is 10.0 Å². The van der Waals surface area contributed by atoms with Gasteiger partial charge < -0.3 is 0 Å². The van der Waals surface area contributed by atoms with Crippen LogP contribution in [0.4, 0.5) is 4.39 Å². The molecule has 17 heavy (non-hydrogen) atoms. The zero-order chi connectivity index (χ0) is 12.4. The number of hydrogen-bond donors (Lipinski definition) is 0. The van der Waals surface area contributed by atoms with Gasteiger partial charge in [-0.1, -0.05) is 0 Å². The normalized spacial score (nSPS) is 10.5. The highest BCUT2D eigenvalue weighted by Gasteiger charge is 2.12. The molecule has 4 nitrogen and oxygen atoms in total. The van der Waals surface area contributed by atoms with E-state index in [1.54, 1.807) is 12.1 Å². The lowest BCUT2D eigenvalue weighted by Crippen LogP contribution is -2.25.